The number of likely N-dealkylation sites (tertiary alicyclic amines) is 2. The third kappa shape index (κ3) is 5.68. The quantitative estimate of drug-likeness (QED) is 0.783. The van der Waals surface area contributed by atoms with Crippen LogP contribution in [0.4, 0.5) is 4.79 Å². The summed E-state index contributed by atoms with van der Waals surface area (Å²) in [5.74, 6) is -0.689. The van der Waals surface area contributed by atoms with Crippen molar-refractivity contribution in [1.29, 1.82) is 0 Å². The van der Waals surface area contributed by atoms with E-state index in [2.05, 4.69) is 24.1 Å². The zero-order chi connectivity index (χ0) is 16.8. The first-order valence-electron chi connectivity index (χ1n) is 8.96. The Morgan fingerprint density at radius 3 is 2.48 bits per heavy atom. The summed E-state index contributed by atoms with van der Waals surface area (Å²) in [5, 5.41) is 12.3. The van der Waals surface area contributed by atoms with Crippen molar-refractivity contribution in [3.05, 3.63) is 0 Å². The van der Waals surface area contributed by atoms with Crippen LogP contribution < -0.4 is 5.32 Å². The molecule has 6 nitrogen and oxygen atoms in total. The number of rotatable bonds is 6. The fourth-order valence-corrected chi connectivity index (χ4v) is 3.65. The zero-order valence-corrected chi connectivity index (χ0v) is 14.5. The summed E-state index contributed by atoms with van der Waals surface area (Å²) < 4.78 is 0. The summed E-state index contributed by atoms with van der Waals surface area (Å²) in [6.07, 6.45) is 4.88. The lowest BCUT2D eigenvalue weighted by Crippen LogP contribution is -2.52. The zero-order valence-electron chi connectivity index (χ0n) is 14.5. The van der Waals surface area contributed by atoms with Gasteiger partial charge in [-0.2, -0.15) is 0 Å². The van der Waals surface area contributed by atoms with Gasteiger partial charge in [-0.3, -0.25) is 4.79 Å². The first-order chi connectivity index (χ1) is 11.0. The number of piperidine rings is 1. The van der Waals surface area contributed by atoms with Crippen LogP contribution in [-0.2, 0) is 4.79 Å². The van der Waals surface area contributed by atoms with Crippen molar-refractivity contribution in [2.75, 3.05) is 32.7 Å². The molecule has 132 valence electrons. The van der Waals surface area contributed by atoms with Gasteiger partial charge in [0.15, 0.2) is 0 Å². The second-order valence-electron chi connectivity index (χ2n) is 7.41. The molecule has 2 atom stereocenters. The summed E-state index contributed by atoms with van der Waals surface area (Å²) in [7, 11) is 0. The van der Waals surface area contributed by atoms with Crippen LogP contribution in [-0.4, -0.2) is 65.7 Å². The van der Waals surface area contributed by atoms with Gasteiger partial charge in [0.25, 0.3) is 0 Å². The standard InChI is InChI=1S/C17H31N3O3/c1-13(2)10-15(12-19-7-3-4-8-19)18-17(23)20-9-5-6-14(11-20)16(21)22/h13-15H,3-12H2,1-2H3,(H,18,23)(H,21,22)/t14?,15-/m0/s1. The molecule has 2 rings (SSSR count). The Balaban J connectivity index is 1.88. The number of aliphatic carboxylic acids is 1. The number of carbonyl (C=O) groups is 2. The summed E-state index contributed by atoms with van der Waals surface area (Å²) in [6.45, 7) is 8.48. The Morgan fingerprint density at radius 2 is 1.87 bits per heavy atom. The highest BCUT2D eigenvalue weighted by Crippen LogP contribution is 2.17. The number of carbonyl (C=O) groups excluding carboxylic acids is 1. The molecule has 2 aliphatic heterocycles. The monoisotopic (exact) mass is 325 g/mol. The fraction of sp³-hybridized carbons (Fsp3) is 0.882. The van der Waals surface area contributed by atoms with Crippen molar-refractivity contribution in [3.63, 3.8) is 0 Å². The molecular formula is C17H31N3O3. The van der Waals surface area contributed by atoms with Gasteiger partial charge in [0.1, 0.15) is 0 Å². The molecule has 0 aromatic heterocycles. The second kappa shape index (κ2) is 8.52. The molecule has 23 heavy (non-hydrogen) atoms. The third-order valence-electron chi connectivity index (χ3n) is 4.82. The van der Waals surface area contributed by atoms with E-state index in [0.717, 1.165) is 32.5 Å². The predicted octanol–water partition coefficient (Wildman–Crippen LogP) is 2.00. The minimum Gasteiger partial charge on any atom is -0.481 e. The number of urea groups is 1. The predicted molar refractivity (Wildman–Crippen MR) is 89.4 cm³/mol. The van der Waals surface area contributed by atoms with Crippen LogP contribution in [0.25, 0.3) is 0 Å². The summed E-state index contributed by atoms with van der Waals surface area (Å²) in [4.78, 5) is 27.8. The second-order valence-corrected chi connectivity index (χ2v) is 7.41. The van der Waals surface area contributed by atoms with E-state index >= 15 is 0 Å². The molecule has 0 aromatic carbocycles. The molecule has 0 spiro atoms. The largest absolute Gasteiger partial charge is 0.481 e. The Labute approximate surface area is 139 Å². The van der Waals surface area contributed by atoms with Crippen LogP contribution in [0, 0.1) is 11.8 Å². The van der Waals surface area contributed by atoms with Crippen molar-refractivity contribution >= 4 is 12.0 Å². The molecule has 2 N–H and O–H groups in total. The van der Waals surface area contributed by atoms with Crippen LogP contribution in [0.2, 0.25) is 0 Å². The Bertz CT molecular complexity index is 408. The average Bonchev–Trinajstić information content (AvgIpc) is 2.99. The van der Waals surface area contributed by atoms with Crippen molar-refractivity contribution < 1.29 is 14.7 Å². The van der Waals surface area contributed by atoms with E-state index in [0.29, 0.717) is 25.4 Å². The highest BCUT2D eigenvalue weighted by Gasteiger charge is 2.29. The molecule has 2 amide bonds. The van der Waals surface area contributed by atoms with E-state index in [4.69, 9.17) is 5.11 Å². The fourth-order valence-electron chi connectivity index (χ4n) is 3.65. The van der Waals surface area contributed by atoms with Crippen LogP contribution in [0.1, 0.15) is 46.0 Å². The molecule has 0 aromatic rings. The van der Waals surface area contributed by atoms with Crippen LogP contribution in [0.3, 0.4) is 0 Å². The molecule has 2 fully saturated rings. The topological polar surface area (TPSA) is 72.9 Å². The highest BCUT2D eigenvalue weighted by molar-refractivity contribution is 5.76. The Hall–Kier alpha value is -1.30. The molecule has 6 heteroatoms. The average molecular weight is 325 g/mol. The Morgan fingerprint density at radius 1 is 1.17 bits per heavy atom. The molecule has 0 radical (unpaired) electrons. The summed E-state index contributed by atoms with van der Waals surface area (Å²) >= 11 is 0. The first kappa shape index (κ1) is 18.0. The number of carboxylic acid groups (broad SMARTS) is 1. The van der Waals surface area contributed by atoms with Crippen molar-refractivity contribution in [2.45, 2.75) is 52.0 Å². The minimum absolute atomic E-state index is 0.0965. The molecule has 0 bridgehead atoms. The van der Waals surface area contributed by atoms with E-state index in [-0.39, 0.29) is 12.1 Å². The smallest absolute Gasteiger partial charge is 0.317 e. The number of hydrogen-bond acceptors (Lipinski definition) is 3. The van der Waals surface area contributed by atoms with Crippen LogP contribution in [0.15, 0.2) is 0 Å². The highest BCUT2D eigenvalue weighted by atomic mass is 16.4. The number of nitrogens with one attached hydrogen (secondary N) is 1. The van der Waals surface area contributed by atoms with Gasteiger partial charge in [-0.05, 0) is 51.1 Å². The maximum absolute atomic E-state index is 12.5. The third-order valence-corrected chi connectivity index (χ3v) is 4.82. The number of hydrogen-bond donors (Lipinski definition) is 2. The van der Waals surface area contributed by atoms with E-state index in [1.165, 1.54) is 12.8 Å². The SMILES string of the molecule is CC(C)C[C@@H](CN1CCCC1)NC(=O)N1CCCC(C(=O)O)C1. The van der Waals surface area contributed by atoms with E-state index in [1.54, 1.807) is 4.90 Å². The molecule has 2 aliphatic rings. The maximum Gasteiger partial charge on any atom is 0.317 e. The molecule has 1 unspecified atom stereocenters. The van der Waals surface area contributed by atoms with Crippen molar-refractivity contribution in [1.82, 2.24) is 15.1 Å². The molecule has 0 saturated carbocycles. The van der Waals surface area contributed by atoms with Gasteiger partial charge in [-0.1, -0.05) is 13.8 Å². The van der Waals surface area contributed by atoms with Crippen LogP contribution in [0.5, 0.6) is 0 Å². The molecular weight excluding hydrogens is 294 g/mol. The Kier molecular flexibility index (Phi) is 6.69. The van der Waals surface area contributed by atoms with Gasteiger partial charge in [0, 0.05) is 25.7 Å². The van der Waals surface area contributed by atoms with Gasteiger partial charge >= 0.3 is 12.0 Å². The van der Waals surface area contributed by atoms with E-state index in [1.807, 2.05) is 0 Å². The van der Waals surface area contributed by atoms with E-state index in [9.17, 15) is 9.59 Å². The lowest BCUT2D eigenvalue weighted by atomic mass is 9.98. The van der Waals surface area contributed by atoms with Gasteiger partial charge in [0.2, 0.25) is 0 Å². The number of carboxylic acids is 1. The lowest BCUT2D eigenvalue weighted by molar-refractivity contribution is -0.143. The van der Waals surface area contributed by atoms with Gasteiger partial charge in [-0.25, -0.2) is 4.79 Å². The summed E-state index contributed by atoms with van der Waals surface area (Å²) in [5.41, 5.74) is 0. The van der Waals surface area contributed by atoms with Crippen LogP contribution >= 0.6 is 0 Å². The van der Waals surface area contributed by atoms with Gasteiger partial charge in [-0.15, -0.1) is 0 Å². The molecule has 2 saturated heterocycles. The molecule has 2 heterocycles. The number of nitrogens with zero attached hydrogens (tertiary/aromatic N) is 2. The molecule has 0 aliphatic carbocycles. The van der Waals surface area contributed by atoms with E-state index < -0.39 is 11.9 Å². The summed E-state index contributed by atoms with van der Waals surface area (Å²) in [6, 6.07) is 0.0478. The minimum atomic E-state index is -0.793. The van der Waals surface area contributed by atoms with Crippen molar-refractivity contribution in [2.24, 2.45) is 11.8 Å². The maximum atomic E-state index is 12.5. The lowest BCUT2D eigenvalue weighted by Gasteiger charge is -2.33. The van der Waals surface area contributed by atoms with Gasteiger partial charge < -0.3 is 20.2 Å². The van der Waals surface area contributed by atoms with Crippen molar-refractivity contribution in [3.8, 4) is 0 Å². The normalized spacial score (nSPS) is 24.0. The number of amides is 2. The van der Waals surface area contributed by atoms with Gasteiger partial charge in [0.05, 0.1) is 5.92 Å². The first-order valence-corrected chi connectivity index (χ1v) is 8.96.